The van der Waals surface area contributed by atoms with E-state index in [0.29, 0.717) is 42.4 Å². The summed E-state index contributed by atoms with van der Waals surface area (Å²) in [4.78, 5) is 26.0. The fourth-order valence-electron chi connectivity index (χ4n) is 3.24. The van der Waals surface area contributed by atoms with Crippen molar-refractivity contribution < 1.29 is 14.3 Å². The van der Waals surface area contributed by atoms with Crippen LogP contribution in [0.1, 0.15) is 32.1 Å². The summed E-state index contributed by atoms with van der Waals surface area (Å²) in [5, 5.41) is 3.27. The number of nitrogens with one attached hydrogen (secondary N) is 1. The van der Waals surface area contributed by atoms with Gasteiger partial charge >= 0.3 is 0 Å². The van der Waals surface area contributed by atoms with Crippen molar-refractivity contribution in [2.24, 2.45) is 5.73 Å². The van der Waals surface area contributed by atoms with Crippen LogP contribution in [0.15, 0.2) is 18.2 Å². The molecule has 0 aromatic heterocycles. The number of ether oxygens (including phenoxy) is 1. The van der Waals surface area contributed by atoms with Gasteiger partial charge in [-0.3, -0.25) is 9.59 Å². The molecule has 0 spiro atoms. The number of halogens is 1. The standard InChI is InChI=1S/C17H22ClN3O3/c18-13-10-12(20-16(23)17(19)6-2-1-3-7-17)4-5-14(13)21-8-9-24-11-15(21)22/h4-5,10H,1-3,6-9,11,19H2,(H,20,23). The van der Waals surface area contributed by atoms with Crippen molar-refractivity contribution in [2.45, 2.75) is 37.6 Å². The first-order valence-electron chi connectivity index (χ1n) is 8.28. The third-order valence-corrected chi connectivity index (χ3v) is 4.98. The molecular formula is C17H22ClN3O3. The molecule has 2 aliphatic rings. The first-order chi connectivity index (χ1) is 11.5. The second-order valence-electron chi connectivity index (χ2n) is 6.44. The molecule has 1 aliphatic carbocycles. The summed E-state index contributed by atoms with van der Waals surface area (Å²) in [6, 6.07) is 5.14. The number of carbonyl (C=O) groups is 2. The number of benzene rings is 1. The van der Waals surface area contributed by atoms with E-state index in [-0.39, 0.29) is 18.4 Å². The Balaban J connectivity index is 1.72. The van der Waals surface area contributed by atoms with Crippen LogP contribution in [-0.2, 0) is 14.3 Å². The summed E-state index contributed by atoms with van der Waals surface area (Å²) in [7, 11) is 0. The first-order valence-corrected chi connectivity index (χ1v) is 8.65. The largest absolute Gasteiger partial charge is 0.370 e. The Labute approximate surface area is 146 Å². The Kier molecular flexibility index (Phi) is 5.08. The molecule has 0 bridgehead atoms. The summed E-state index contributed by atoms with van der Waals surface area (Å²) in [5.74, 6) is -0.295. The quantitative estimate of drug-likeness (QED) is 0.875. The minimum atomic E-state index is -0.802. The van der Waals surface area contributed by atoms with Crippen molar-refractivity contribution in [3.63, 3.8) is 0 Å². The van der Waals surface area contributed by atoms with Crippen molar-refractivity contribution >= 4 is 34.8 Å². The summed E-state index contributed by atoms with van der Waals surface area (Å²) >= 11 is 6.31. The molecule has 3 N–H and O–H groups in total. The zero-order valence-corrected chi connectivity index (χ0v) is 14.3. The zero-order valence-electron chi connectivity index (χ0n) is 13.5. The van der Waals surface area contributed by atoms with E-state index in [4.69, 9.17) is 22.1 Å². The Morgan fingerprint density at radius 3 is 2.71 bits per heavy atom. The van der Waals surface area contributed by atoms with E-state index in [1.807, 2.05) is 0 Å². The SMILES string of the molecule is NC1(C(=O)Nc2ccc(N3CCOCC3=O)c(Cl)c2)CCCCC1. The van der Waals surface area contributed by atoms with Crippen LogP contribution in [0.3, 0.4) is 0 Å². The van der Waals surface area contributed by atoms with Gasteiger partial charge in [0.1, 0.15) is 6.61 Å². The second-order valence-corrected chi connectivity index (χ2v) is 6.84. The van der Waals surface area contributed by atoms with Gasteiger partial charge in [-0.05, 0) is 31.0 Å². The highest BCUT2D eigenvalue weighted by Gasteiger charge is 2.35. The van der Waals surface area contributed by atoms with Gasteiger partial charge in [0.2, 0.25) is 5.91 Å². The average Bonchev–Trinajstić information content (AvgIpc) is 2.57. The number of amides is 2. The van der Waals surface area contributed by atoms with E-state index >= 15 is 0 Å². The minimum Gasteiger partial charge on any atom is -0.370 e. The van der Waals surface area contributed by atoms with Gasteiger partial charge in [0.25, 0.3) is 5.91 Å². The van der Waals surface area contributed by atoms with Crippen LogP contribution in [0.5, 0.6) is 0 Å². The molecule has 2 fully saturated rings. The molecule has 0 unspecified atom stereocenters. The van der Waals surface area contributed by atoms with Crippen LogP contribution in [-0.4, -0.2) is 37.1 Å². The molecule has 3 rings (SSSR count). The van der Waals surface area contributed by atoms with Gasteiger partial charge in [0, 0.05) is 12.2 Å². The molecule has 1 aromatic carbocycles. The number of hydrogen-bond acceptors (Lipinski definition) is 4. The molecule has 2 amide bonds. The number of nitrogens with two attached hydrogens (primary N) is 1. The van der Waals surface area contributed by atoms with Crippen LogP contribution < -0.4 is 16.0 Å². The van der Waals surface area contributed by atoms with Crippen LogP contribution in [0.4, 0.5) is 11.4 Å². The number of carbonyl (C=O) groups excluding carboxylic acids is 2. The van der Waals surface area contributed by atoms with E-state index in [1.165, 1.54) is 0 Å². The second kappa shape index (κ2) is 7.09. The van der Waals surface area contributed by atoms with E-state index in [1.54, 1.807) is 23.1 Å². The van der Waals surface area contributed by atoms with Crippen molar-refractivity contribution in [3.05, 3.63) is 23.2 Å². The van der Waals surface area contributed by atoms with Crippen LogP contribution >= 0.6 is 11.6 Å². The van der Waals surface area contributed by atoms with E-state index in [2.05, 4.69) is 5.32 Å². The maximum atomic E-state index is 12.5. The number of rotatable bonds is 3. The van der Waals surface area contributed by atoms with E-state index in [0.717, 1.165) is 19.3 Å². The maximum Gasteiger partial charge on any atom is 0.253 e. The van der Waals surface area contributed by atoms with Crippen molar-refractivity contribution in [1.29, 1.82) is 0 Å². The molecule has 0 radical (unpaired) electrons. The van der Waals surface area contributed by atoms with Gasteiger partial charge in [-0.2, -0.15) is 0 Å². The third kappa shape index (κ3) is 3.55. The minimum absolute atomic E-state index is 0.0600. The number of nitrogens with zero attached hydrogens (tertiary/aromatic N) is 1. The van der Waals surface area contributed by atoms with Gasteiger partial charge in [-0.1, -0.05) is 30.9 Å². The van der Waals surface area contributed by atoms with E-state index < -0.39 is 5.54 Å². The van der Waals surface area contributed by atoms with Crippen LogP contribution in [0.2, 0.25) is 5.02 Å². The lowest BCUT2D eigenvalue weighted by Gasteiger charge is -2.32. The Hall–Kier alpha value is -1.63. The predicted molar refractivity (Wildman–Crippen MR) is 93.3 cm³/mol. The average molecular weight is 352 g/mol. The van der Waals surface area contributed by atoms with Gasteiger partial charge in [-0.25, -0.2) is 0 Å². The maximum absolute atomic E-state index is 12.5. The smallest absolute Gasteiger partial charge is 0.253 e. The number of anilines is 2. The molecule has 24 heavy (non-hydrogen) atoms. The van der Waals surface area contributed by atoms with Crippen LogP contribution in [0.25, 0.3) is 0 Å². The molecule has 6 nitrogen and oxygen atoms in total. The molecule has 0 atom stereocenters. The lowest BCUT2D eigenvalue weighted by Crippen LogP contribution is -2.52. The highest BCUT2D eigenvalue weighted by Crippen LogP contribution is 2.31. The summed E-state index contributed by atoms with van der Waals surface area (Å²) in [5.41, 5.74) is 6.66. The molecule has 1 aliphatic heterocycles. The fraction of sp³-hybridized carbons (Fsp3) is 0.529. The molecular weight excluding hydrogens is 330 g/mol. The van der Waals surface area contributed by atoms with Crippen LogP contribution in [0, 0.1) is 0 Å². The summed E-state index contributed by atoms with van der Waals surface area (Å²) in [6.07, 6.45) is 4.48. The molecule has 1 saturated carbocycles. The van der Waals surface area contributed by atoms with Crippen molar-refractivity contribution in [1.82, 2.24) is 0 Å². The predicted octanol–water partition coefficient (Wildman–Crippen LogP) is 2.30. The van der Waals surface area contributed by atoms with Crippen molar-refractivity contribution in [3.8, 4) is 0 Å². The molecule has 1 saturated heterocycles. The Bertz CT molecular complexity index is 644. The summed E-state index contributed by atoms with van der Waals surface area (Å²) in [6.45, 7) is 1.01. The highest BCUT2D eigenvalue weighted by atomic mass is 35.5. The summed E-state index contributed by atoms with van der Waals surface area (Å²) < 4.78 is 5.12. The molecule has 1 heterocycles. The van der Waals surface area contributed by atoms with Gasteiger partial charge in [0.05, 0.1) is 22.9 Å². The van der Waals surface area contributed by atoms with Gasteiger partial charge in [-0.15, -0.1) is 0 Å². The Morgan fingerprint density at radius 1 is 1.29 bits per heavy atom. The van der Waals surface area contributed by atoms with Gasteiger partial charge in [0.15, 0.2) is 0 Å². The topological polar surface area (TPSA) is 84.7 Å². The molecule has 130 valence electrons. The third-order valence-electron chi connectivity index (χ3n) is 4.68. The number of hydrogen-bond donors (Lipinski definition) is 2. The lowest BCUT2D eigenvalue weighted by atomic mass is 9.82. The van der Waals surface area contributed by atoms with Gasteiger partial charge < -0.3 is 20.7 Å². The number of morpholine rings is 1. The highest BCUT2D eigenvalue weighted by molar-refractivity contribution is 6.34. The zero-order chi connectivity index (χ0) is 17.2. The monoisotopic (exact) mass is 351 g/mol. The fourth-order valence-corrected chi connectivity index (χ4v) is 3.52. The normalized spacial score (nSPS) is 20.8. The lowest BCUT2D eigenvalue weighted by molar-refractivity contribution is -0.125. The molecule has 7 heteroatoms. The van der Waals surface area contributed by atoms with E-state index in [9.17, 15) is 9.59 Å². The molecule has 1 aromatic rings. The Morgan fingerprint density at radius 2 is 2.04 bits per heavy atom. The first kappa shape index (κ1) is 17.2. The van der Waals surface area contributed by atoms with Crippen molar-refractivity contribution in [2.75, 3.05) is 30.0 Å².